The number of rotatable bonds is 6. The van der Waals surface area contributed by atoms with Crippen LogP contribution in [-0.2, 0) is 24.5 Å². The van der Waals surface area contributed by atoms with Crippen molar-refractivity contribution in [2.24, 2.45) is 0 Å². The number of hydrogen-bond donors (Lipinski definition) is 1. The minimum absolute atomic E-state index is 0.607. The van der Waals surface area contributed by atoms with Gasteiger partial charge in [0.05, 0.1) is 13.2 Å². The topological polar surface area (TPSA) is 21.3 Å². The van der Waals surface area contributed by atoms with E-state index in [4.69, 9.17) is 16.3 Å². The van der Waals surface area contributed by atoms with E-state index in [1.807, 2.05) is 31.3 Å². The highest BCUT2D eigenvalue weighted by atomic mass is 35.5. The van der Waals surface area contributed by atoms with Crippen molar-refractivity contribution < 1.29 is 4.74 Å². The largest absolute Gasteiger partial charge is 0.372 e. The number of benzene rings is 2. The summed E-state index contributed by atoms with van der Waals surface area (Å²) in [6.07, 6.45) is 0. The van der Waals surface area contributed by atoms with Crippen LogP contribution in [0.5, 0.6) is 0 Å². The first kappa shape index (κ1) is 14.1. The molecule has 1 N–H and O–H groups in total. The second kappa shape index (κ2) is 7.29. The Bertz CT molecular complexity index is 493. The highest BCUT2D eigenvalue weighted by Gasteiger charge is 1.97. The molecule has 0 radical (unpaired) electrons. The number of ether oxygens (including phenoxy) is 1. The van der Waals surface area contributed by atoms with Gasteiger partial charge in [-0.25, -0.2) is 0 Å². The fourth-order valence-electron chi connectivity index (χ4n) is 1.82. The Balaban J connectivity index is 1.80. The molecule has 0 saturated carbocycles. The van der Waals surface area contributed by atoms with Gasteiger partial charge in [-0.15, -0.1) is 0 Å². The first-order valence-corrected chi connectivity index (χ1v) is 6.70. The molecule has 100 valence electrons. The van der Waals surface area contributed by atoms with Gasteiger partial charge in [0, 0.05) is 11.6 Å². The lowest BCUT2D eigenvalue weighted by Crippen LogP contribution is -2.04. The molecular formula is C16H18ClNO. The molecule has 0 spiro atoms. The molecule has 2 rings (SSSR count). The summed E-state index contributed by atoms with van der Waals surface area (Å²) >= 11 is 5.84. The van der Waals surface area contributed by atoms with Crippen LogP contribution in [0.2, 0.25) is 5.02 Å². The minimum atomic E-state index is 0.607. The summed E-state index contributed by atoms with van der Waals surface area (Å²) in [5, 5.41) is 3.88. The number of halogens is 1. The van der Waals surface area contributed by atoms with E-state index in [0.29, 0.717) is 13.2 Å². The molecule has 2 aromatic carbocycles. The van der Waals surface area contributed by atoms with E-state index in [9.17, 15) is 0 Å². The van der Waals surface area contributed by atoms with Gasteiger partial charge in [0.2, 0.25) is 0 Å². The second-order valence-corrected chi connectivity index (χ2v) is 4.90. The smallest absolute Gasteiger partial charge is 0.0721 e. The molecular weight excluding hydrogens is 258 g/mol. The average Bonchev–Trinajstić information content (AvgIpc) is 2.43. The van der Waals surface area contributed by atoms with Gasteiger partial charge in [-0.1, -0.05) is 48.0 Å². The van der Waals surface area contributed by atoms with Gasteiger partial charge in [0.15, 0.2) is 0 Å². The third-order valence-corrected chi connectivity index (χ3v) is 3.11. The van der Waals surface area contributed by atoms with E-state index >= 15 is 0 Å². The maximum atomic E-state index is 5.84. The van der Waals surface area contributed by atoms with E-state index in [0.717, 1.165) is 17.1 Å². The van der Waals surface area contributed by atoms with Crippen LogP contribution in [0.3, 0.4) is 0 Å². The zero-order valence-corrected chi connectivity index (χ0v) is 11.8. The highest BCUT2D eigenvalue weighted by Crippen LogP contribution is 2.11. The van der Waals surface area contributed by atoms with Crippen molar-refractivity contribution in [2.45, 2.75) is 19.8 Å². The molecule has 0 aromatic heterocycles. The second-order valence-electron chi connectivity index (χ2n) is 4.47. The first-order chi connectivity index (χ1) is 9.28. The summed E-state index contributed by atoms with van der Waals surface area (Å²) in [5.41, 5.74) is 3.61. The summed E-state index contributed by atoms with van der Waals surface area (Å²) in [5.74, 6) is 0. The van der Waals surface area contributed by atoms with Crippen molar-refractivity contribution in [1.82, 2.24) is 5.32 Å². The normalized spacial score (nSPS) is 10.6. The van der Waals surface area contributed by atoms with Crippen molar-refractivity contribution in [1.29, 1.82) is 0 Å². The van der Waals surface area contributed by atoms with Crippen LogP contribution >= 0.6 is 11.6 Å². The number of hydrogen-bond acceptors (Lipinski definition) is 2. The van der Waals surface area contributed by atoms with Gasteiger partial charge in [-0.2, -0.15) is 0 Å². The molecule has 2 nitrogen and oxygen atoms in total. The van der Waals surface area contributed by atoms with Crippen molar-refractivity contribution in [3.8, 4) is 0 Å². The Morgan fingerprint density at radius 2 is 1.32 bits per heavy atom. The van der Waals surface area contributed by atoms with E-state index in [1.165, 1.54) is 11.1 Å². The maximum Gasteiger partial charge on any atom is 0.0721 e. The Labute approximate surface area is 119 Å². The van der Waals surface area contributed by atoms with Crippen molar-refractivity contribution in [3.63, 3.8) is 0 Å². The van der Waals surface area contributed by atoms with E-state index in [2.05, 4.69) is 29.6 Å². The van der Waals surface area contributed by atoms with Crippen LogP contribution in [-0.4, -0.2) is 7.05 Å². The molecule has 0 atom stereocenters. The van der Waals surface area contributed by atoms with Gasteiger partial charge >= 0.3 is 0 Å². The van der Waals surface area contributed by atoms with Gasteiger partial charge in [-0.05, 0) is 35.9 Å². The van der Waals surface area contributed by atoms with Gasteiger partial charge in [-0.3, -0.25) is 0 Å². The van der Waals surface area contributed by atoms with Gasteiger partial charge in [0.1, 0.15) is 0 Å². The SMILES string of the molecule is CNCc1ccc(COCc2ccc(Cl)cc2)cc1. The predicted molar refractivity (Wildman–Crippen MR) is 79.2 cm³/mol. The molecule has 0 aliphatic rings. The molecule has 0 bridgehead atoms. The van der Waals surface area contributed by atoms with Crippen molar-refractivity contribution >= 4 is 11.6 Å². The molecule has 2 aromatic rings. The molecule has 0 amide bonds. The first-order valence-electron chi connectivity index (χ1n) is 6.32. The van der Waals surface area contributed by atoms with Crippen molar-refractivity contribution in [2.75, 3.05) is 7.05 Å². The predicted octanol–water partition coefficient (Wildman–Crippen LogP) is 3.78. The molecule has 0 aliphatic carbocycles. The van der Waals surface area contributed by atoms with Crippen LogP contribution in [0.15, 0.2) is 48.5 Å². The van der Waals surface area contributed by atoms with Gasteiger partial charge < -0.3 is 10.1 Å². The quantitative estimate of drug-likeness (QED) is 0.866. The third-order valence-electron chi connectivity index (χ3n) is 2.85. The summed E-state index contributed by atoms with van der Waals surface area (Å²) in [6.45, 7) is 2.13. The molecule has 0 heterocycles. The fraction of sp³-hybridized carbons (Fsp3) is 0.250. The third kappa shape index (κ3) is 4.67. The summed E-state index contributed by atoms with van der Waals surface area (Å²) < 4.78 is 5.69. The molecule has 3 heteroatoms. The average molecular weight is 276 g/mol. The maximum absolute atomic E-state index is 5.84. The monoisotopic (exact) mass is 275 g/mol. The van der Waals surface area contributed by atoms with Crippen molar-refractivity contribution in [3.05, 3.63) is 70.2 Å². The van der Waals surface area contributed by atoms with E-state index in [1.54, 1.807) is 0 Å². The zero-order valence-electron chi connectivity index (χ0n) is 11.0. The highest BCUT2D eigenvalue weighted by molar-refractivity contribution is 6.30. The minimum Gasteiger partial charge on any atom is -0.372 e. The Kier molecular flexibility index (Phi) is 5.40. The molecule has 19 heavy (non-hydrogen) atoms. The Morgan fingerprint density at radius 1 is 0.842 bits per heavy atom. The molecule has 0 fully saturated rings. The van der Waals surface area contributed by atoms with Crippen LogP contribution < -0.4 is 5.32 Å². The lowest BCUT2D eigenvalue weighted by molar-refractivity contribution is 0.107. The summed E-state index contributed by atoms with van der Waals surface area (Å²) in [6, 6.07) is 16.2. The van der Waals surface area contributed by atoms with E-state index in [-0.39, 0.29) is 0 Å². The number of nitrogens with one attached hydrogen (secondary N) is 1. The lowest BCUT2D eigenvalue weighted by Gasteiger charge is -2.06. The summed E-state index contributed by atoms with van der Waals surface area (Å²) in [7, 11) is 1.95. The fourth-order valence-corrected chi connectivity index (χ4v) is 1.95. The molecule has 0 unspecified atom stereocenters. The lowest BCUT2D eigenvalue weighted by atomic mass is 10.1. The standard InChI is InChI=1S/C16H18ClNO/c1-18-10-13-2-4-14(5-3-13)11-19-12-15-6-8-16(17)9-7-15/h2-9,18H,10-12H2,1H3. The van der Waals surface area contributed by atoms with Crippen LogP contribution in [0.1, 0.15) is 16.7 Å². The van der Waals surface area contributed by atoms with Crippen LogP contribution in [0.25, 0.3) is 0 Å². The van der Waals surface area contributed by atoms with Crippen LogP contribution in [0, 0.1) is 0 Å². The van der Waals surface area contributed by atoms with Crippen LogP contribution in [0.4, 0.5) is 0 Å². The Hall–Kier alpha value is -1.35. The zero-order chi connectivity index (χ0) is 13.5. The Morgan fingerprint density at radius 3 is 1.84 bits per heavy atom. The summed E-state index contributed by atoms with van der Waals surface area (Å²) in [4.78, 5) is 0. The van der Waals surface area contributed by atoms with Gasteiger partial charge in [0.25, 0.3) is 0 Å². The molecule has 0 saturated heterocycles. The molecule has 0 aliphatic heterocycles. The van der Waals surface area contributed by atoms with E-state index < -0.39 is 0 Å².